The van der Waals surface area contributed by atoms with Gasteiger partial charge in [-0.05, 0) is 35.4 Å². The third kappa shape index (κ3) is 4.10. The molecular formula is C20H22N4O2. The average molecular weight is 350 g/mol. The minimum absolute atomic E-state index is 0.347. The summed E-state index contributed by atoms with van der Waals surface area (Å²) in [6.45, 7) is 0.694. The van der Waals surface area contributed by atoms with Crippen LogP contribution in [0.3, 0.4) is 0 Å². The number of hydrogen-bond donors (Lipinski definition) is 4. The third-order valence-corrected chi connectivity index (χ3v) is 3.96. The molecule has 0 amide bonds. The fourth-order valence-corrected chi connectivity index (χ4v) is 2.50. The van der Waals surface area contributed by atoms with Gasteiger partial charge in [0, 0.05) is 23.5 Å². The number of hydrogen-bond acceptors (Lipinski definition) is 6. The highest BCUT2D eigenvalue weighted by atomic mass is 16.5. The standard InChI is InChI=1S/C20H22N4O2/c21-15-5-7-17(23)19(9-15)25-11-13-3-1-2-4-14(13)12-26-20-10-16(22)6-8-18(20)24/h1-10H,11-12,21-24H2. The van der Waals surface area contributed by atoms with Gasteiger partial charge in [0.2, 0.25) is 0 Å². The van der Waals surface area contributed by atoms with Crippen LogP contribution in [0.5, 0.6) is 11.5 Å². The molecule has 0 atom stereocenters. The first kappa shape index (κ1) is 17.3. The number of anilines is 4. The Hall–Kier alpha value is -3.54. The maximum absolute atomic E-state index is 5.93. The van der Waals surface area contributed by atoms with Gasteiger partial charge in [0.15, 0.2) is 0 Å². The van der Waals surface area contributed by atoms with E-state index >= 15 is 0 Å². The highest BCUT2D eigenvalue weighted by molar-refractivity contribution is 5.60. The summed E-state index contributed by atoms with van der Waals surface area (Å²) >= 11 is 0. The van der Waals surface area contributed by atoms with E-state index in [9.17, 15) is 0 Å². The molecular weight excluding hydrogens is 328 g/mol. The summed E-state index contributed by atoms with van der Waals surface area (Å²) in [5, 5.41) is 0. The van der Waals surface area contributed by atoms with E-state index in [1.165, 1.54) is 0 Å². The normalized spacial score (nSPS) is 10.5. The molecule has 3 aromatic carbocycles. The van der Waals surface area contributed by atoms with E-state index in [4.69, 9.17) is 32.4 Å². The highest BCUT2D eigenvalue weighted by Gasteiger charge is 2.08. The maximum atomic E-state index is 5.93. The molecule has 0 aliphatic carbocycles. The molecule has 8 N–H and O–H groups in total. The van der Waals surface area contributed by atoms with Crippen LogP contribution in [-0.2, 0) is 13.2 Å². The zero-order chi connectivity index (χ0) is 18.5. The zero-order valence-electron chi connectivity index (χ0n) is 14.3. The Bertz CT molecular complexity index is 838. The van der Waals surface area contributed by atoms with Gasteiger partial charge < -0.3 is 32.4 Å². The Morgan fingerprint density at radius 2 is 1.00 bits per heavy atom. The summed E-state index contributed by atoms with van der Waals surface area (Å²) in [5.41, 5.74) is 27.7. The summed E-state index contributed by atoms with van der Waals surface area (Å²) in [7, 11) is 0. The monoisotopic (exact) mass is 350 g/mol. The van der Waals surface area contributed by atoms with Crippen molar-refractivity contribution in [3.05, 3.63) is 71.8 Å². The van der Waals surface area contributed by atoms with E-state index in [1.807, 2.05) is 24.3 Å². The van der Waals surface area contributed by atoms with Crippen molar-refractivity contribution in [3.8, 4) is 11.5 Å². The summed E-state index contributed by atoms with van der Waals surface area (Å²) in [5.74, 6) is 1.11. The molecule has 3 aromatic rings. The van der Waals surface area contributed by atoms with Gasteiger partial charge in [-0.25, -0.2) is 0 Å². The third-order valence-electron chi connectivity index (χ3n) is 3.96. The Morgan fingerprint density at radius 3 is 1.42 bits per heavy atom. The first-order chi connectivity index (χ1) is 12.5. The number of nitrogen functional groups attached to an aromatic ring is 4. The molecule has 26 heavy (non-hydrogen) atoms. The van der Waals surface area contributed by atoms with E-state index in [0.29, 0.717) is 47.5 Å². The minimum atomic E-state index is 0.347. The number of rotatable bonds is 6. The van der Waals surface area contributed by atoms with Crippen molar-refractivity contribution in [2.24, 2.45) is 0 Å². The molecule has 0 saturated heterocycles. The van der Waals surface area contributed by atoms with Crippen molar-refractivity contribution in [3.63, 3.8) is 0 Å². The van der Waals surface area contributed by atoms with Gasteiger partial charge in [0.05, 0.1) is 11.4 Å². The van der Waals surface area contributed by atoms with Crippen molar-refractivity contribution in [1.29, 1.82) is 0 Å². The molecule has 0 bridgehead atoms. The van der Waals surface area contributed by atoms with Crippen LogP contribution in [0.2, 0.25) is 0 Å². The first-order valence-corrected chi connectivity index (χ1v) is 8.15. The van der Waals surface area contributed by atoms with Crippen molar-refractivity contribution < 1.29 is 9.47 Å². The molecule has 3 rings (SSSR count). The van der Waals surface area contributed by atoms with Crippen molar-refractivity contribution in [2.45, 2.75) is 13.2 Å². The lowest BCUT2D eigenvalue weighted by molar-refractivity contribution is 0.287. The predicted octanol–water partition coefficient (Wildman–Crippen LogP) is 3.17. The summed E-state index contributed by atoms with van der Waals surface area (Å²) in [6.07, 6.45) is 0. The van der Waals surface area contributed by atoms with Crippen molar-refractivity contribution in [1.82, 2.24) is 0 Å². The smallest absolute Gasteiger partial charge is 0.144 e. The summed E-state index contributed by atoms with van der Waals surface area (Å²) < 4.78 is 11.7. The van der Waals surface area contributed by atoms with E-state index in [1.54, 1.807) is 36.4 Å². The first-order valence-electron chi connectivity index (χ1n) is 8.15. The fourth-order valence-electron chi connectivity index (χ4n) is 2.50. The number of benzene rings is 3. The van der Waals surface area contributed by atoms with Crippen LogP contribution in [0, 0.1) is 0 Å². The molecule has 6 heteroatoms. The van der Waals surface area contributed by atoms with Gasteiger partial charge in [-0.15, -0.1) is 0 Å². The SMILES string of the molecule is Nc1ccc(N)c(OCc2ccccc2COc2cc(N)ccc2N)c1. The lowest BCUT2D eigenvalue weighted by Gasteiger charge is -2.14. The molecule has 0 aliphatic heterocycles. The Morgan fingerprint density at radius 1 is 0.577 bits per heavy atom. The van der Waals surface area contributed by atoms with Crippen LogP contribution in [0.4, 0.5) is 22.7 Å². The molecule has 0 spiro atoms. The van der Waals surface area contributed by atoms with Gasteiger partial charge in [-0.1, -0.05) is 24.3 Å². The zero-order valence-corrected chi connectivity index (χ0v) is 14.3. The van der Waals surface area contributed by atoms with Crippen LogP contribution in [0.15, 0.2) is 60.7 Å². The lowest BCUT2D eigenvalue weighted by Crippen LogP contribution is -2.06. The van der Waals surface area contributed by atoms with Crippen molar-refractivity contribution >= 4 is 22.7 Å². The second-order valence-corrected chi connectivity index (χ2v) is 5.94. The average Bonchev–Trinajstić information content (AvgIpc) is 2.64. The second kappa shape index (κ2) is 7.57. The minimum Gasteiger partial charge on any atom is -0.487 e. The van der Waals surface area contributed by atoms with Gasteiger partial charge in [0.25, 0.3) is 0 Å². The van der Waals surface area contributed by atoms with Crippen LogP contribution in [0.1, 0.15) is 11.1 Å². The van der Waals surface area contributed by atoms with E-state index in [0.717, 1.165) is 11.1 Å². The molecule has 0 fully saturated rings. The topological polar surface area (TPSA) is 123 Å². The van der Waals surface area contributed by atoms with E-state index in [-0.39, 0.29) is 0 Å². The van der Waals surface area contributed by atoms with Gasteiger partial charge >= 0.3 is 0 Å². The van der Waals surface area contributed by atoms with Gasteiger partial charge in [0.1, 0.15) is 24.7 Å². The quantitative estimate of drug-likeness (QED) is 0.506. The summed E-state index contributed by atoms with van der Waals surface area (Å²) in [4.78, 5) is 0. The van der Waals surface area contributed by atoms with E-state index in [2.05, 4.69) is 0 Å². The van der Waals surface area contributed by atoms with Crippen LogP contribution in [-0.4, -0.2) is 0 Å². The molecule has 0 aromatic heterocycles. The van der Waals surface area contributed by atoms with Crippen LogP contribution >= 0.6 is 0 Å². The second-order valence-electron chi connectivity index (χ2n) is 5.94. The number of nitrogens with two attached hydrogens (primary N) is 4. The molecule has 134 valence electrons. The largest absolute Gasteiger partial charge is 0.487 e. The molecule has 0 aliphatic rings. The van der Waals surface area contributed by atoms with Gasteiger partial charge in [-0.2, -0.15) is 0 Å². The van der Waals surface area contributed by atoms with E-state index < -0.39 is 0 Å². The van der Waals surface area contributed by atoms with Crippen LogP contribution in [0.25, 0.3) is 0 Å². The van der Waals surface area contributed by atoms with Gasteiger partial charge in [-0.3, -0.25) is 0 Å². The summed E-state index contributed by atoms with van der Waals surface area (Å²) in [6, 6.07) is 18.2. The fraction of sp³-hybridized carbons (Fsp3) is 0.100. The molecule has 6 nitrogen and oxygen atoms in total. The Balaban J connectivity index is 1.72. The predicted molar refractivity (Wildman–Crippen MR) is 106 cm³/mol. The molecule has 0 heterocycles. The molecule has 0 saturated carbocycles. The number of ether oxygens (including phenoxy) is 2. The van der Waals surface area contributed by atoms with Crippen molar-refractivity contribution in [2.75, 3.05) is 22.9 Å². The molecule has 0 radical (unpaired) electrons. The highest BCUT2D eigenvalue weighted by Crippen LogP contribution is 2.27. The Kier molecular flexibility index (Phi) is 5.03. The van der Waals surface area contributed by atoms with Crippen LogP contribution < -0.4 is 32.4 Å². The Labute approximate surface area is 152 Å². The lowest BCUT2D eigenvalue weighted by atomic mass is 10.1. The maximum Gasteiger partial charge on any atom is 0.144 e. The molecule has 0 unspecified atom stereocenters.